The molecule has 0 fully saturated rings. The molecule has 0 radical (unpaired) electrons. The van der Waals surface area contributed by atoms with Crippen molar-refractivity contribution in [2.45, 2.75) is 37.2 Å². The molecule has 0 saturated carbocycles. The fourth-order valence-electron chi connectivity index (χ4n) is 2.91. The van der Waals surface area contributed by atoms with Crippen molar-refractivity contribution in [3.05, 3.63) is 69.9 Å². The highest BCUT2D eigenvalue weighted by Gasteiger charge is 2.19. The average molecular weight is 485 g/mol. The number of hydrogen-bond acceptors (Lipinski definition) is 7. The number of carbonyl (C=O) groups excluding carboxylic acids is 1. The van der Waals surface area contributed by atoms with Crippen molar-refractivity contribution in [1.82, 2.24) is 30.0 Å². The lowest BCUT2D eigenvalue weighted by Gasteiger charge is -2.11. The minimum atomic E-state index is -0.147. The fraction of sp³-hybridized carbons (Fsp3) is 0.227. The van der Waals surface area contributed by atoms with Gasteiger partial charge in [-0.1, -0.05) is 42.4 Å². The van der Waals surface area contributed by atoms with Gasteiger partial charge >= 0.3 is 0 Å². The van der Waals surface area contributed by atoms with Crippen LogP contribution in [0.4, 0.5) is 0 Å². The van der Waals surface area contributed by atoms with Crippen LogP contribution in [0, 0.1) is 0 Å². The molecule has 10 heteroatoms. The number of halogens is 1. The number of hydrogen-bond donors (Lipinski definition) is 1. The highest BCUT2D eigenvalue weighted by atomic mass is 35.5. The second-order valence-electron chi connectivity index (χ2n) is 7.03. The van der Waals surface area contributed by atoms with Crippen LogP contribution in [0.25, 0.3) is 17.1 Å². The minimum absolute atomic E-state index is 0.114. The summed E-state index contributed by atoms with van der Waals surface area (Å²) in [6, 6.07) is 11.5. The lowest BCUT2D eigenvalue weighted by atomic mass is 10.2. The van der Waals surface area contributed by atoms with Gasteiger partial charge in [0.25, 0.3) is 5.91 Å². The Morgan fingerprint density at radius 2 is 2.00 bits per heavy atom. The summed E-state index contributed by atoms with van der Waals surface area (Å²) in [4.78, 5) is 20.9. The lowest BCUT2D eigenvalue weighted by molar-refractivity contribution is 0.0935. The summed E-state index contributed by atoms with van der Waals surface area (Å²) in [6.07, 6.45) is 4.31. The van der Waals surface area contributed by atoms with Gasteiger partial charge in [0.05, 0.1) is 16.5 Å². The summed E-state index contributed by atoms with van der Waals surface area (Å²) in [7, 11) is 0. The largest absolute Gasteiger partial charge is 0.348 e. The third-order valence-corrected chi connectivity index (χ3v) is 7.06. The molecule has 0 aliphatic heterocycles. The van der Waals surface area contributed by atoms with Crippen molar-refractivity contribution in [2.24, 2.45) is 0 Å². The maximum Gasteiger partial charge on any atom is 0.270 e. The Kier molecular flexibility index (Phi) is 7.19. The van der Waals surface area contributed by atoms with Gasteiger partial charge < -0.3 is 5.32 Å². The van der Waals surface area contributed by atoms with Crippen LogP contribution in [0.15, 0.2) is 59.3 Å². The maximum absolute atomic E-state index is 12.3. The Hall–Kier alpha value is -2.75. The maximum atomic E-state index is 12.3. The summed E-state index contributed by atoms with van der Waals surface area (Å²) in [5.74, 6) is 1.09. The predicted molar refractivity (Wildman–Crippen MR) is 128 cm³/mol. The summed E-state index contributed by atoms with van der Waals surface area (Å²) in [6.45, 7) is 4.01. The summed E-state index contributed by atoms with van der Waals surface area (Å²) in [5, 5.41) is 15.7. The van der Waals surface area contributed by atoms with Gasteiger partial charge in [-0.15, -0.1) is 21.5 Å². The molecular formula is C22H21ClN6OS2. The highest BCUT2D eigenvalue weighted by Crippen LogP contribution is 2.32. The summed E-state index contributed by atoms with van der Waals surface area (Å²) < 4.78 is 1.94. The number of pyridine rings is 1. The van der Waals surface area contributed by atoms with Crippen molar-refractivity contribution < 1.29 is 4.79 Å². The Bertz CT molecular complexity index is 1210. The van der Waals surface area contributed by atoms with Crippen molar-refractivity contribution in [1.29, 1.82) is 0 Å². The van der Waals surface area contributed by atoms with Gasteiger partial charge in [-0.2, -0.15) is 0 Å². The predicted octanol–water partition coefficient (Wildman–Crippen LogP) is 5.26. The van der Waals surface area contributed by atoms with Crippen LogP contribution in [0.5, 0.6) is 0 Å². The zero-order valence-electron chi connectivity index (χ0n) is 17.5. The van der Waals surface area contributed by atoms with E-state index >= 15 is 0 Å². The molecule has 4 aromatic rings. The standard InChI is InChI=1S/C22H21ClN6OS2/c1-3-14(2)25-21(30)17-12-31-19(26-17)13-32-22-28-27-20(15-8-10-24-11-9-15)29(22)18-7-5-4-6-16(18)23/h4-12,14H,3,13H2,1-2H3,(H,25,30). The molecule has 3 heterocycles. The molecule has 1 atom stereocenters. The van der Waals surface area contributed by atoms with Gasteiger partial charge in [0.15, 0.2) is 11.0 Å². The number of rotatable bonds is 8. The van der Waals surface area contributed by atoms with Crippen LogP contribution in [0.1, 0.15) is 35.8 Å². The van der Waals surface area contributed by atoms with E-state index in [-0.39, 0.29) is 11.9 Å². The second kappa shape index (κ2) is 10.2. The van der Waals surface area contributed by atoms with Crippen LogP contribution in [-0.2, 0) is 5.75 Å². The van der Waals surface area contributed by atoms with Crippen molar-refractivity contribution in [3.63, 3.8) is 0 Å². The molecule has 0 aliphatic rings. The third kappa shape index (κ3) is 5.01. The molecule has 164 valence electrons. The number of para-hydroxylation sites is 1. The van der Waals surface area contributed by atoms with Crippen LogP contribution < -0.4 is 5.32 Å². The van der Waals surface area contributed by atoms with Crippen LogP contribution in [0.2, 0.25) is 5.02 Å². The molecule has 1 amide bonds. The molecule has 3 aromatic heterocycles. The number of thiazole rings is 1. The first-order valence-electron chi connectivity index (χ1n) is 10.1. The molecule has 1 aromatic carbocycles. The number of amides is 1. The molecule has 1 unspecified atom stereocenters. The van der Waals surface area contributed by atoms with E-state index in [1.807, 2.05) is 54.8 Å². The Morgan fingerprint density at radius 3 is 2.75 bits per heavy atom. The van der Waals surface area contributed by atoms with E-state index < -0.39 is 0 Å². The van der Waals surface area contributed by atoms with Crippen LogP contribution in [-0.4, -0.2) is 36.7 Å². The molecule has 0 saturated heterocycles. The first-order chi connectivity index (χ1) is 15.6. The average Bonchev–Trinajstić information content (AvgIpc) is 3.46. The quantitative estimate of drug-likeness (QED) is 0.343. The number of carbonyl (C=O) groups is 1. The van der Waals surface area contributed by atoms with E-state index in [9.17, 15) is 4.79 Å². The van der Waals surface area contributed by atoms with Gasteiger partial charge in [-0.05, 0) is 37.6 Å². The normalized spacial score (nSPS) is 12.0. The first kappa shape index (κ1) is 22.4. The zero-order chi connectivity index (χ0) is 22.5. The Balaban J connectivity index is 1.59. The molecule has 32 heavy (non-hydrogen) atoms. The SMILES string of the molecule is CCC(C)NC(=O)c1csc(CSc2nnc(-c3ccncc3)n2-c2ccccc2Cl)n1. The molecule has 0 aliphatic carbocycles. The molecule has 4 rings (SSSR count). The molecule has 0 spiro atoms. The van der Waals surface area contributed by atoms with E-state index in [0.29, 0.717) is 27.5 Å². The third-order valence-electron chi connectivity index (χ3n) is 4.76. The molecule has 1 N–H and O–H groups in total. The van der Waals surface area contributed by atoms with Crippen LogP contribution in [0.3, 0.4) is 0 Å². The zero-order valence-corrected chi connectivity index (χ0v) is 19.9. The van der Waals surface area contributed by atoms with Crippen molar-refractivity contribution in [3.8, 4) is 17.1 Å². The number of aromatic nitrogens is 5. The van der Waals surface area contributed by atoms with Crippen molar-refractivity contribution in [2.75, 3.05) is 0 Å². The minimum Gasteiger partial charge on any atom is -0.348 e. The van der Waals surface area contributed by atoms with Gasteiger partial charge in [0.1, 0.15) is 10.7 Å². The van der Waals surface area contributed by atoms with Gasteiger partial charge in [0.2, 0.25) is 0 Å². The summed E-state index contributed by atoms with van der Waals surface area (Å²) in [5.41, 5.74) is 2.12. The van der Waals surface area contributed by atoms with Gasteiger partial charge in [-0.3, -0.25) is 14.3 Å². The molecular weight excluding hydrogens is 464 g/mol. The van der Waals surface area contributed by atoms with Crippen molar-refractivity contribution >= 4 is 40.6 Å². The van der Waals surface area contributed by atoms with E-state index in [0.717, 1.165) is 22.7 Å². The van der Waals surface area contributed by atoms with E-state index in [1.165, 1.54) is 23.1 Å². The molecule has 7 nitrogen and oxygen atoms in total. The summed E-state index contributed by atoms with van der Waals surface area (Å²) >= 11 is 9.45. The monoisotopic (exact) mass is 484 g/mol. The second-order valence-corrected chi connectivity index (χ2v) is 9.32. The Morgan fingerprint density at radius 1 is 1.22 bits per heavy atom. The van der Waals surface area contributed by atoms with E-state index in [1.54, 1.807) is 17.8 Å². The lowest BCUT2D eigenvalue weighted by Crippen LogP contribution is -2.32. The smallest absolute Gasteiger partial charge is 0.270 e. The van der Waals surface area contributed by atoms with Gasteiger partial charge in [0, 0.05) is 29.4 Å². The fourth-order valence-corrected chi connectivity index (χ4v) is 4.87. The number of nitrogens with zero attached hydrogens (tertiary/aromatic N) is 5. The van der Waals surface area contributed by atoms with Crippen LogP contribution >= 0.6 is 34.7 Å². The number of benzene rings is 1. The first-order valence-corrected chi connectivity index (χ1v) is 12.3. The number of thioether (sulfide) groups is 1. The topological polar surface area (TPSA) is 85.6 Å². The number of nitrogens with one attached hydrogen (secondary N) is 1. The highest BCUT2D eigenvalue weighted by molar-refractivity contribution is 7.98. The molecule has 0 bridgehead atoms. The van der Waals surface area contributed by atoms with E-state index in [4.69, 9.17) is 11.6 Å². The van der Waals surface area contributed by atoms with E-state index in [2.05, 4.69) is 25.5 Å². The van der Waals surface area contributed by atoms with Gasteiger partial charge in [-0.25, -0.2) is 4.98 Å². The Labute approximate surface area is 199 Å².